The molecule has 0 aliphatic rings. The van der Waals surface area contributed by atoms with Gasteiger partial charge in [0.2, 0.25) is 23.5 Å². The molecule has 6 aromatic heterocycles. The zero-order valence-corrected chi connectivity index (χ0v) is 88.0. The normalized spacial score (nSPS) is 10.2. The van der Waals surface area contributed by atoms with Crippen LogP contribution in [-0.4, -0.2) is 120 Å². The maximum absolute atomic E-state index is 12.0. The Morgan fingerprint density at radius 1 is 0.504 bits per heavy atom. The molecule has 0 fully saturated rings. The summed E-state index contributed by atoms with van der Waals surface area (Å²) < 4.78 is 32.3. The number of hydrazone groups is 1. The molecule has 0 aliphatic carbocycles. The predicted molar refractivity (Wildman–Crippen MR) is 528 cm³/mol. The number of aromatic amines is 1. The third-order valence-corrected chi connectivity index (χ3v) is 20.0. The van der Waals surface area contributed by atoms with Crippen LogP contribution in [0.3, 0.4) is 0 Å². The number of anilines is 4. The summed E-state index contributed by atoms with van der Waals surface area (Å²) in [5, 5.41) is 103. The van der Waals surface area contributed by atoms with Crippen molar-refractivity contribution < 1.29 is 92.2 Å². The Kier molecular flexibility index (Phi) is 52.4. The number of nitrogens with two attached hydrogens (primary N) is 3. The fraction of sp³-hybridized carbons (Fsp3) is 0.253. The molecule has 0 unspecified atom stereocenters. The number of aromatic hydroxyl groups is 1. The molecule has 5 aromatic carbocycles. The number of rotatable bonds is 21. The van der Waals surface area contributed by atoms with Crippen molar-refractivity contribution in [3.05, 3.63) is 245 Å². The molecule has 0 atom stereocenters. The second-order valence-corrected chi connectivity index (χ2v) is 33.7. The number of imide groups is 1. The van der Waals surface area contributed by atoms with Crippen molar-refractivity contribution in [2.75, 3.05) is 35.8 Å². The summed E-state index contributed by atoms with van der Waals surface area (Å²) in [4.78, 5) is 84.7. The van der Waals surface area contributed by atoms with E-state index < -0.39 is 52.6 Å². The Morgan fingerprint density at radius 2 is 0.837 bits per heavy atom. The number of carboxylic acids is 1. The number of nitrogen functional groups attached to an aromatic ring is 3. The predicted octanol–water partition coefficient (Wildman–Crippen LogP) is 18.3. The Hall–Kier alpha value is -12.8. The number of alkyl carbamates (subject to hydrolysis) is 1. The molecule has 40 nitrogen and oxygen atoms in total. The molecule has 2 amide bonds. The number of amides is 2. The van der Waals surface area contributed by atoms with Gasteiger partial charge in [0.05, 0.1) is 87.3 Å². The van der Waals surface area contributed by atoms with Gasteiger partial charge in [-0.05, 0) is 155 Å². The summed E-state index contributed by atoms with van der Waals surface area (Å²) in [6.45, 7) is 38.0. The summed E-state index contributed by atoms with van der Waals surface area (Å²) in [6.07, 6.45) is -1.52. The number of amidine groups is 1. The number of nitrogens with zero attached hydrogens (tertiary/aromatic N) is 19. The van der Waals surface area contributed by atoms with Crippen LogP contribution in [-0.2, 0) is 28.7 Å². The minimum Gasteiger partial charge on any atom is -0.550 e. The maximum Gasteiger partial charge on any atom is 1.00 e. The van der Waals surface area contributed by atoms with Crippen LogP contribution in [0, 0.1) is 58.5 Å². The van der Waals surface area contributed by atoms with Crippen molar-refractivity contribution in [2.24, 2.45) is 5.10 Å². The van der Waals surface area contributed by atoms with Crippen LogP contribution in [0.4, 0.5) is 33.4 Å². The number of hydrogen-bond donors (Lipinski definition) is 7. The number of benzene rings is 5. The number of H-pyrrole nitrogens is 1. The van der Waals surface area contributed by atoms with E-state index in [4.69, 9.17) is 236 Å². The van der Waals surface area contributed by atoms with E-state index in [1.807, 2.05) is 97.7 Å². The first kappa shape index (κ1) is 122. The largest absolute Gasteiger partial charge is 1.00 e. The van der Waals surface area contributed by atoms with E-state index >= 15 is 0 Å². The monoisotopic (exact) mass is 2190 g/mol. The number of ether oxygens (including phenoxy) is 6. The van der Waals surface area contributed by atoms with Gasteiger partial charge in [0.25, 0.3) is 11.5 Å². The summed E-state index contributed by atoms with van der Waals surface area (Å²) in [5.41, 5.74) is 23.4. The fourth-order valence-corrected chi connectivity index (χ4v) is 13.6. The van der Waals surface area contributed by atoms with Crippen LogP contribution in [0.25, 0.3) is 15.4 Å². The van der Waals surface area contributed by atoms with E-state index in [9.17, 15) is 28.8 Å². The molecule has 11 aromatic rings. The van der Waals surface area contributed by atoms with E-state index in [2.05, 4.69) is 85.8 Å². The summed E-state index contributed by atoms with van der Waals surface area (Å²) in [6, 6.07) is 30.3. The quantitative estimate of drug-likeness (QED) is 0.00404. The average Bonchev–Trinajstić information content (AvgIpc) is 0.788. The Labute approximate surface area is 892 Å². The van der Waals surface area contributed by atoms with E-state index in [1.165, 1.54) is 48.5 Å². The van der Waals surface area contributed by atoms with E-state index in [0.29, 0.717) is 59.6 Å². The number of ketones is 1. The van der Waals surface area contributed by atoms with Crippen LogP contribution in [0.15, 0.2) is 106 Å². The number of nitrogens with one attached hydrogen (secondary N) is 3. The second kappa shape index (κ2) is 60.4. The first-order valence-electron chi connectivity index (χ1n) is 39.6. The molecule has 0 saturated carbocycles. The number of hydrogen-bond acceptors (Lipinski definition) is 35. The Morgan fingerprint density at radius 3 is 1.17 bits per heavy atom. The summed E-state index contributed by atoms with van der Waals surface area (Å²) in [5.74, 6) is -2.45. The zero-order valence-electron chi connectivity index (χ0n) is 76.2. The average molecular weight is 2200 g/mol. The van der Waals surface area contributed by atoms with Crippen molar-refractivity contribution in [1.82, 2.24) is 71.1 Å². The van der Waals surface area contributed by atoms with Crippen LogP contribution in [0.2, 0.25) is 65.7 Å². The van der Waals surface area contributed by atoms with Crippen molar-refractivity contribution in [3.8, 4) is 82.2 Å². The van der Waals surface area contributed by atoms with Gasteiger partial charge in [0.1, 0.15) is 24.6 Å². The number of carbonyl (C=O) groups excluding carboxylic acids is 5. The first-order chi connectivity index (χ1) is 65.9. The molecule has 54 heteroatoms. The summed E-state index contributed by atoms with van der Waals surface area (Å²) >= 11 is 77.7. The molecule has 732 valence electrons. The van der Waals surface area contributed by atoms with Gasteiger partial charge in [-0.3, -0.25) is 29.5 Å². The van der Waals surface area contributed by atoms with Gasteiger partial charge in [-0.25, -0.2) is 15.0 Å². The molecule has 10 N–H and O–H groups in total. The number of esters is 1. The van der Waals surface area contributed by atoms with Crippen LogP contribution >= 0.6 is 151 Å². The molecule has 141 heavy (non-hydrogen) atoms. The SMILES string of the molecule is CC(=O)[O-].CC(C)c1cc(Cl)nnc1Cl.CC(C)c1cc(Oc2c(Cl)cc(N)cc2Cl)nnc1C#N.CC(C)c1cc(Oc2c(Cl)cc(N)cc2Cl)nnc1Cl.CCOC(=O)CC(=O)CC#N.Nc1cc(Cl)c(O)c(Cl)c1.[C-]#[N+]/C(=N/Nc1cc(Cl)c(Oc2cc(C(C)C)c(C#N)nn2)c(Cl)c1)C(=O)NC(=O)OCC.[C-]#[N+]c1nn(-c2cc(Cl)c(Oc3cc(C(C)C)c(C#N)nn3)c(Cl)c2)c(=O)[nH]c1=O.[Na+]. The zero-order chi connectivity index (χ0) is 105. The van der Waals surface area contributed by atoms with E-state index in [-0.39, 0.29) is 200 Å². The maximum atomic E-state index is 12.0. The van der Waals surface area contributed by atoms with Crippen molar-refractivity contribution in [2.45, 2.75) is 132 Å². The summed E-state index contributed by atoms with van der Waals surface area (Å²) in [7, 11) is 0. The standard InChI is InChI=1S/C20H17Cl2N7O4.C18H11Cl2N7O3.C14H12Cl2N4O.C13H12Cl3N3O.C7H8Cl2N2.C7H9NO3.C6H5Cl2NO.C2H4O2.Na/c1-5-32-20(31)25-19(30)18(24-4)29-26-11-6-13(21)17(14(22)7-11)33-16-8-12(10(2)3)15(9-23)27-28-16;1-8(2)10-6-14(25-24-13(10)7-21)30-15-11(19)4-9(5-12(15)20)27-18(29)23-17(28)16(22-3)26-27;1-7(2)9-5-13(20-19-12(9)6-17)21-14-10(15)3-8(18)4-11(14)16;1-6(2)8-5-11(18-19-13(8)16)20-12-9(14)3-7(17)4-10(12)15;1-4(2)5-3-6(8)10-11-7(5)9;1-2-11-7(10)5-6(9)3-4-8;7-4-1-3(9)2-5(8)6(4)10;1-2(3)4;/h6-8,10,26H,5H2,1-3H3,(H,25,30,31);4-6,8H,1-2H3,(H,23,28,29);3-5,7H,18H2,1-2H3;3-6H,17H2,1-2H3;3-4H,1-2H3;2-3,5H2,1H3;1-2,10H,9H2;1H3,(H,3,4);/q;;;;;;;;+1/p-1/b29-18+;;;;;;;;. The third kappa shape index (κ3) is 39.7. The second-order valence-electron chi connectivity index (χ2n) is 28.6. The molecule has 0 radical (unpaired) electrons. The number of phenols is 1. The minimum atomic E-state index is -1.08. The number of phenolic OH excluding ortho intramolecular Hbond substituents is 1. The van der Waals surface area contributed by atoms with Crippen LogP contribution in [0.1, 0.15) is 177 Å². The molecular weight excluding hydrogens is 2120 g/mol. The smallest absolute Gasteiger partial charge is 0.550 e. The van der Waals surface area contributed by atoms with Gasteiger partial charge in [-0.15, -0.1) is 55.7 Å². The molecule has 11 rings (SSSR count). The third-order valence-electron chi connectivity index (χ3n) is 16.4. The van der Waals surface area contributed by atoms with Crippen molar-refractivity contribution >= 4 is 215 Å². The molecular formula is C87H77Cl13N25NaO15. The van der Waals surface area contributed by atoms with E-state index in [1.54, 1.807) is 62.4 Å². The number of aliphatic carboxylic acids is 1. The van der Waals surface area contributed by atoms with Gasteiger partial charge < -0.3 is 70.3 Å². The molecule has 0 spiro atoms. The number of nitriles is 4. The number of carboxylic acid groups (broad SMARTS) is 1. The van der Waals surface area contributed by atoms with E-state index in [0.717, 1.165) is 28.3 Å². The number of Topliss-reactive ketones (excluding diaryl/α,β-unsaturated/α-hetero) is 1. The van der Waals surface area contributed by atoms with Gasteiger partial charge in [0, 0.05) is 47.3 Å². The van der Waals surface area contributed by atoms with Crippen LogP contribution < -0.4 is 92.8 Å². The number of aromatic nitrogens is 13. The molecule has 0 aliphatic heterocycles. The first-order valence-corrected chi connectivity index (χ1v) is 44.5. The topological polar surface area (TPSA) is 599 Å². The minimum absolute atomic E-state index is 0. The van der Waals surface area contributed by atoms with Crippen LogP contribution in [0.5, 0.6) is 52.3 Å². The molecule has 0 bridgehead atoms. The van der Waals surface area contributed by atoms with Gasteiger partial charge in [0.15, 0.2) is 67.1 Å². The molecule has 0 saturated heterocycles. The van der Waals surface area contributed by atoms with Gasteiger partial charge >= 0.3 is 59.0 Å². The van der Waals surface area contributed by atoms with Gasteiger partial charge in [-0.2, -0.15) is 21.0 Å². The van der Waals surface area contributed by atoms with Crippen molar-refractivity contribution in [3.63, 3.8) is 0 Å². The Bertz CT molecular complexity index is 6690. The molecule has 6 heterocycles. The number of carbonyl (C=O) groups is 5. The van der Waals surface area contributed by atoms with Gasteiger partial charge in [-0.1, -0.05) is 233 Å². The number of halogens is 13. The van der Waals surface area contributed by atoms with Crippen molar-refractivity contribution in [1.29, 1.82) is 21.0 Å². The fourth-order valence-electron chi connectivity index (χ4n) is 10.1. The Balaban J connectivity index is 0.000000436.